The highest BCUT2D eigenvalue weighted by Crippen LogP contribution is 2.39. The Labute approximate surface area is 165 Å². The highest BCUT2D eigenvalue weighted by molar-refractivity contribution is 6.03. The Balaban J connectivity index is 1.62. The number of hydrogen-bond acceptors (Lipinski definition) is 4. The lowest BCUT2D eigenvalue weighted by Gasteiger charge is -2.27. The van der Waals surface area contributed by atoms with Crippen LogP contribution in [0.25, 0.3) is 0 Å². The third kappa shape index (κ3) is 3.46. The fourth-order valence-electron chi connectivity index (χ4n) is 4.10. The summed E-state index contributed by atoms with van der Waals surface area (Å²) in [4.78, 5) is 27.9. The predicted molar refractivity (Wildman–Crippen MR) is 106 cm³/mol. The largest absolute Gasteiger partial charge is 0.497 e. The molecule has 0 unspecified atom stereocenters. The summed E-state index contributed by atoms with van der Waals surface area (Å²) in [7, 11) is 1.64. The number of methoxy groups -OCH3 is 1. The first kappa shape index (κ1) is 18.8. The molecule has 0 radical (unpaired) electrons. The number of rotatable bonds is 5. The van der Waals surface area contributed by atoms with Crippen molar-refractivity contribution in [2.45, 2.75) is 59.0 Å². The van der Waals surface area contributed by atoms with Crippen molar-refractivity contribution in [2.75, 3.05) is 7.11 Å². The molecule has 1 saturated carbocycles. The zero-order valence-corrected chi connectivity index (χ0v) is 17.0. The molecule has 0 atom stereocenters. The molecule has 28 heavy (non-hydrogen) atoms. The molecule has 4 rings (SSSR count). The van der Waals surface area contributed by atoms with Crippen molar-refractivity contribution in [3.05, 3.63) is 52.5 Å². The first-order valence-corrected chi connectivity index (χ1v) is 9.88. The summed E-state index contributed by atoms with van der Waals surface area (Å²) in [6, 6.07) is 8.01. The number of ketones is 1. The number of furan rings is 1. The molecular formula is C23H27NO4. The number of ether oxygens (including phenoxy) is 1. The van der Waals surface area contributed by atoms with Crippen LogP contribution < -0.4 is 4.74 Å². The van der Waals surface area contributed by atoms with Gasteiger partial charge < -0.3 is 14.1 Å². The van der Waals surface area contributed by atoms with Crippen LogP contribution in [0.15, 0.2) is 28.7 Å². The Morgan fingerprint density at radius 3 is 2.50 bits per heavy atom. The molecule has 1 aromatic heterocycles. The number of hydrogen-bond donors (Lipinski definition) is 0. The second-order valence-electron chi connectivity index (χ2n) is 8.81. The monoisotopic (exact) mass is 381 g/mol. The summed E-state index contributed by atoms with van der Waals surface area (Å²) < 4.78 is 11.2. The van der Waals surface area contributed by atoms with Crippen LogP contribution in [0, 0.1) is 12.3 Å². The number of amides is 1. The topological polar surface area (TPSA) is 59.8 Å². The van der Waals surface area contributed by atoms with Crippen molar-refractivity contribution >= 4 is 11.7 Å². The quantitative estimate of drug-likeness (QED) is 0.762. The van der Waals surface area contributed by atoms with Gasteiger partial charge >= 0.3 is 0 Å². The Hall–Kier alpha value is -2.56. The van der Waals surface area contributed by atoms with Gasteiger partial charge in [-0.05, 0) is 42.9 Å². The third-order valence-electron chi connectivity index (χ3n) is 5.73. The maximum atomic E-state index is 13.4. The molecule has 1 heterocycles. The minimum atomic E-state index is -0.131. The molecule has 1 aromatic carbocycles. The Bertz CT molecular complexity index is 919. The summed E-state index contributed by atoms with van der Waals surface area (Å²) in [5, 5.41) is 0. The van der Waals surface area contributed by atoms with E-state index in [0.29, 0.717) is 42.0 Å². The first-order chi connectivity index (χ1) is 13.3. The van der Waals surface area contributed by atoms with Crippen LogP contribution in [0.4, 0.5) is 0 Å². The minimum absolute atomic E-state index is 0.0830. The van der Waals surface area contributed by atoms with E-state index in [0.717, 1.165) is 24.2 Å². The Morgan fingerprint density at radius 1 is 1.21 bits per heavy atom. The molecular weight excluding hydrogens is 354 g/mol. The van der Waals surface area contributed by atoms with Gasteiger partial charge in [0, 0.05) is 31.0 Å². The maximum absolute atomic E-state index is 13.4. The molecule has 1 fully saturated rings. The zero-order valence-electron chi connectivity index (χ0n) is 17.0. The van der Waals surface area contributed by atoms with Gasteiger partial charge in [0.1, 0.15) is 11.5 Å². The average molecular weight is 381 g/mol. The number of fused-ring (bicyclic) bond motifs is 1. The molecule has 1 amide bonds. The van der Waals surface area contributed by atoms with Crippen molar-refractivity contribution in [1.29, 1.82) is 0 Å². The zero-order chi connectivity index (χ0) is 20.1. The van der Waals surface area contributed by atoms with Crippen LogP contribution in [-0.2, 0) is 13.0 Å². The van der Waals surface area contributed by atoms with Crippen LogP contribution >= 0.6 is 0 Å². The Morgan fingerprint density at radius 2 is 1.89 bits per heavy atom. The number of nitrogens with zero attached hydrogens (tertiary/aromatic N) is 1. The van der Waals surface area contributed by atoms with Crippen LogP contribution in [0.5, 0.6) is 5.75 Å². The van der Waals surface area contributed by atoms with Gasteiger partial charge in [0.05, 0.1) is 12.7 Å². The van der Waals surface area contributed by atoms with Gasteiger partial charge in [-0.2, -0.15) is 0 Å². The molecule has 5 heteroatoms. The van der Waals surface area contributed by atoms with Gasteiger partial charge in [-0.25, -0.2) is 0 Å². The lowest BCUT2D eigenvalue weighted by atomic mass is 9.76. The molecule has 148 valence electrons. The van der Waals surface area contributed by atoms with E-state index >= 15 is 0 Å². The van der Waals surface area contributed by atoms with Gasteiger partial charge in [0.25, 0.3) is 5.91 Å². The standard InChI is InChI=1S/C23H27NO4/c1-14-20-18(25)11-23(2,3)12-19(20)28-21(14)22(26)24(16-7-8-16)13-15-5-9-17(27-4)10-6-15/h5-6,9-10,16H,7-8,11-13H2,1-4H3. The van der Waals surface area contributed by atoms with Gasteiger partial charge in [0.15, 0.2) is 11.5 Å². The minimum Gasteiger partial charge on any atom is -0.497 e. The lowest BCUT2D eigenvalue weighted by Crippen LogP contribution is -2.32. The number of benzene rings is 1. The highest BCUT2D eigenvalue weighted by atomic mass is 16.5. The van der Waals surface area contributed by atoms with E-state index in [4.69, 9.17) is 9.15 Å². The molecule has 0 N–H and O–H groups in total. The van der Waals surface area contributed by atoms with E-state index in [1.807, 2.05) is 36.1 Å². The van der Waals surface area contributed by atoms with Gasteiger partial charge in [-0.3, -0.25) is 9.59 Å². The predicted octanol–water partition coefficient (Wildman–Crippen LogP) is 4.56. The van der Waals surface area contributed by atoms with Gasteiger partial charge in [0.2, 0.25) is 0 Å². The number of carbonyl (C=O) groups is 2. The third-order valence-corrected chi connectivity index (χ3v) is 5.73. The average Bonchev–Trinajstić information content (AvgIpc) is 3.42. The van der Waals surface area contributed by atoms with Crippen molar-refractivity contribution in [1.82, 2.24) is 4.90 Å². The fraction of sp³-hybridized carbons (Fsp3) is 0.478. The maximum Gasteiger partial charge on any atom is 0.290 e. The van der Waals surface area contributed by atoms with E-state index in [1.54, 1.807) is 7.11 Å². The summed E-state index contributed by atoms with van der Waals surface area (Å²) >= 11 is 0. The van der Waals surface area contributed by atoms with Crippen molar-refractivity contribution < 1.29 is 18.7 Å². The molecule has 0 spiro atoms. The molecule has 2 aliphatic carbocycles. The van der Waals surface area contributed by atoms with Gasteiger partial charge in [-0.15, -0.1) is 0 Å². The second kappa shape index (κ2) is 6.80. The lowest BCUT2D eigenvalue weighted by molar-refractivity contribution is 0.0691. The SMILES string of the molecule is COc1ccc(CN(C(=O)c2oc3c(c2C)C(=O)CC(C)(C)C3)C2CC2)cc1. The normalized spacial score (nSPS) is 17.9. The summed E-state index contributed by atoms with van der Waals surface area (Å²) in [6.07, 6.45) is 3.19. The van der Waals surface area contributed by atoms with E-state index in [1.165, 1.54) is 0 Å². The van der Waals surface area contributed by atoms with E-state index in [-0.39, 0.29) is 23.1 Å². The molecule has 0 saturated heterocycles. The number of carbonyl (C=O) groups excluding carboxylic acids is 2. The summed E-state index contributed by atoms with van der Waals surface area (Å²) in [5.74, 6) is 1.76. The summed E-state index contributed by atoms with van der Waals surface area (Å²) in [6.45, 7) is 6.49. The molecule has 2 aromatic rings. The van der Waals surface area contributed by atoms with E-state index in [9.17, 15) is 9.59 Å². The second-order valence-corrected chi connectivity index (χ2v) is 8.81. The van der Waals surface area contributed by atoms with Crippen LogP contribution in [0.3, 0.4) is 0 Å². The van der Waals surface area contributed by atoms with Gasteiger partial charge in [-0.1, -0.05) is 26.0 Å². The molecule has 0 bridgehead atoms. The van der Waals surface area contributed by atoms with Crippen molar-refractivity contribution in [2.24, 2.45) is 5.41 Å². The van der Waals surface area contributed by atoms with E-state index < -0.39 is 0 Å². The van der Waals surface area contributed by atoms with Crippen LogP contribution in [0.1, 0.15) is 70.9 Å². The van der Waals surface area contributed by atoms with Crippen molar-refractivity contribution in [3.63, 3.8) is 0 Å². The van der Waals surface area contributed by atoms with E-state index in [2.05, 4.69) is 13.8 Å². The molecule has 0 aliphatic heterocycles. The van der Waals surface area contributed by atoms with Crippen LogP contribution in [-0.4, -0.2) is 29.7 Å². The Kier molecular flexibility index (Phi) is 4.56. The molecule has 5 nitrogen and oxygen atoms in total. The highest BCUT2D eigenvalue weighted by Gasteiger charge is 2.40. The number of Topliss-reactive ketones (excluding diaryl/α,β-unsaturated/α-hetero) is 1. The summed E-state index contributed by atoms with van der Waals surface area (Å²) in [5.41, 5.74) is 2.24. The fourth-order valence-corrected chi connectivity index (χ4v) is 4.10. The van der Waals surface area contributed by atoms with Crippen LogP contribution in [0.2, 0.25) is 0 Å². The first-order valence-electron chi connectivity index (χ1n) is 9.88. The molecule has 2 aliphatic rings. The van der Waals surface area contributed by atoms with Crippen molar-refractivity contribution in [3.8, 4) is 5.75 Å². The smallest absolute Gasteiger partial charge is 0.290 e.